The van der Waals surface area contributed by atoms with Crippen LogP contribution in [0.1, 0.15) is 233 Å². The third kappa shape index (κ3) is 47.6. The Morgan fingerprint density at radius 3 is 1.06 bits per heavy atom. The fourth-order valence-corrected chi connectivity index (χ4v) is 6.77. The Hall–Kier alpha value is -3.41. The van der Waals surface area contributed by atoms with Crippen LogP contribution in [0, 0.1) is 0 Å². The predicted molar refractivity (Wildman–Crippen MR) is 265 cm³/mol. The highest BCUT2D eigenvalue weighted by Gasteiger charge is 2.19. The third-order valence-corrected chi connectivity index (χ3v) is 10.6. The first-order valence-electron chi connectivity index (χ1n) is 25.6. The van der Waals surface area contributed by atoms with Gasteiger partial charge in [-0.05, 0) is 103 Å². The van der Waals surface area contributed by atoms with Crippen LogP contribution in [-0.2, 0) is 28.6 Å². The van der Waals surface area contributed by atoms with Gasteiger partial charge < -0.3 is 14.2 Å². The number of hydrogen-bond acceptors (Lipinski definition) is 6. The Balaban J connectivity index is 4.47. The second-order valence-corrected chi connectivity index (χ2v) is 16.7. The number of ether oxygens (including phenoxy) is 3. The number of carbonyl (C=O) groups is 3. The Labute approximate surface area is 382 Å². The molecule has 0 heterocycles. The van der Waals surface area contributed by atoms with E-state index in [-0.39, 0.29) is 31.6 Å². The van der Waals surface area contributed by atoms with Crippen LogP contribution in [0.3, 0.4) is 0 Å². The molecule has 1 unspecified atom stereocenters. The molecule has 0 aromatic rings. The molecule has 0 radical (unpaired) electrons. The van der Waals surface area contributed by atoms with E-state index in [9.17, 15) is 14.4 Å². The van der Waals surface area contributed by atoms with Crippen LogP contribution in [0.2, 0.25) is 0 Å². The summed E-state index contributed by atoms with van der Waals surface area (Å²) >= 11 is 0. The van der Waals surface area contributed by atoms with E-state index >= 15 is 0 Å². The summed E-state index contributed by atoms with van der Waals surface area (Å²) in [5.74, 6) is -1.01. The molecule has 0 bridgehead atoms. The summed E-state index contributed by atoms with van der Waals surface area (Å²) in [5.41, 5.74) is 0. The zero-order valence-corrected chi connectivity index (χ0v) is 40.4. The van der Waals surface area contributed by atoms with Gasteiger partial charge in [0.05, 0.1) is 0 Å². The highest BCUT2D eigenvalue weighted by atomic mass is 16.6. The highest BCUT2D eigenvalue weighted by Crippen LogP contribution is 2.13. The zero-order chi connectivity index (χ0) is 45.1. The van der Waals surface area contributed by atoms with Crippen LogP contribution < -0.4 is 0 Å². The molecule has 6 heteroatoms. The number of unbranched alkanes of at least 4 members (excludes halogenated alkanes) is 20. The molecule has 0 spiro atoms. The average molecular weight is 863 g/mol. The summed E-state index contributed by atoms with van der Waals surface area (Å²) in [5, 5.41) is 0. The van der Waals surface area contributed by atoms with E-state index in [0.29, 0.717) is 19.3 Å². The first-order valence-corrected chi connectivity index (χ1v) is 25.6. The van der Waals surface area contributed by atoms with Gasteiger partial charge in [-0.1, -0.05) is 196 Å². The molecule has 0 aliphatic rings. The lowest BCUT2D eigenvalue weighted by molar-refractivity contribution is -0.166. The molecule has 0 fully saturated rings. The van der Waals surface area contributed by atoms with Gasteiger partial charge in [-0.3, -0.25) is 14.4 Å². The maximum atomic E-state index is 12.7. The lowest BCUT2D eigenvalue weighted by atomic mass is 10.1. The van der Waals surface area contributed by atoms with E-state index in [0.717, 1.165) is 89.9 Å². The summed E-state index contributed by atoms with van der Waals surface area (Å²) in [4.78, 5) is 37.9. The number of esters is 3. The average Bonchev–Trinajstić information content (AvgIpc) is 3.27. The number of hydrogen-bond donors (Lipinski definition) is 0. The van der Waals surface area contributed by atoms with Crippen LogP contribution in [0.25, 0.3) is 0 Å². The Morgan fingerprint density at radius 2 is 0.661 bits per heavy atom. The first kappa shape index (κ1) is 58.6. The molecule has 0 aliphatic carbocycles. The number of allylic oxidation sites excluding steroid dienone is 14. The van der Waals surface area contributed by atoms with Gasteiger partial charge in [0.2, 0.25) is 0 Å². The van der Waals surface area contributed by atoms with Crippen molar-refractivity contribution >= 4 is 17.9 Å². The molecule has 354 valence electrons. The van der Waals surface area contributed by atoms with Gasteiger partial charge in [0.15, 0.2) is 6.10 Å². The topological polar surface area (TPSA) is 78.9 Å². The quantitative estimate of drug-likeness (QED) is 0.0263. The van der Waals surface area contributed by atoms with E-state index in [2.05, 4.69) is 93.7 Å². The van der Waals surface area contributed by atoms with Crippen molar-refractivity contribution in [3.05, 3.63) is 85.1 Å². The van der Waals surface area contributed by atoms with Crippen molar-refractivity contribution in [2.45, 2.75) is 239 Å². The second kappa shape index (κ2) is 50.2. The van der Waals surface area contributed by atoms with E-state index < -0.39 is 12.1 Å². The molecule has 0 rings (SSSR count). The summed E-state index contributed by atoms with van der Waals surface area (Å²) in [7, 11) is 0. The standard InChI is InChI=1S/C56H94O6/c1-4-7-10-13-16-19-22-25-26-27-28-29-32-34-37-40-43-46-49-55(58)61-52-53(62-56(59)50-47-44-41-38-35-31-24-21-18-15-12-9-6-3)51-60-54(57)48-45-42-39-36-33-30-23-20-17-14-11-8-5-2/h9,12,18-23,26-27,31,35,41,44,53H,4-8,10-11,13-17,24-25,28-30,32-34,36-40,42-43,45-52H2,1-3H3/b12-9-,21-18-,22-19-,23-20-,27-26-,35-31-,44-41-. The summed E-state index contributed by atoms with van der Waals surface area (Å²) in [6.07, 6.45) is 64.4. The summed E-state index contributed by atoms with van der Waals surface area (Å²) in [6.45, 7) is 6.41. The van der Waals surface area contributed by atoms with Crippen molar-refractivity contribution < 1.29 is 28.6 Å². The lowest BCUT2D eigenvalue weighted by Gasteiger charge is -2.18. The predicted octanol–water partition coefficient (Wildman–Crippen LogP) is 16.8. The van der Waals surface area contributed by atoms with Gasteiger partial charge >= 0.3 is 17.9 Å². The van der Waals surface area contributed by atoms with Crippen molar-refractivity contribution in [2.75, 3.05) is 13.2 Å². The molecule has 0 saturated carbocycles. The van der Waals surface area contributed by atoms with Crippen LogP contribution in [0.15, 0.2) is 85.1 Å². The largest absolute Gasteiger partial charge is 0.462 e. The summed E-state index contributed by atoms with van der Waals surface area (Å²) < 4.78 is 16.7. The van der Waals surface area contributed by atoms with E-state index in [4.69, 9.17) is 14.2 Å². The maximum absolute atomic E-state index is 12.7. The van der Waals surface area contributed by atoms with E-state index in [1.165, 1.54) is 96.3 Å². The summed E-state index contributed by atoms with van der Waals surface area (Å²) in [6, 6.07) is 0. The maximum Gasteiger partial charge on any atom is 0.306 e. The first-order chi connectivity index (χ1) is 30.5. The van der Waals surface area contributed by atoms with E-state index in [1.807, 2.05) is 12.2 Å². The van der Waals surface area contributed by atoms with Crippen LogP contribution in [-0.4, -0.2) is 37.2 Å². The minimum Gasteiger partial charge on any atom is -0.462 e. The van der Waals surface area contributed by atoms with Crippen molar-refractivity contribution in [3.8, 4) is 0 Å². The number of carbonyl (C=O) groups excluding carboxylic acids is 3. The molecule has 0 aromatic heterocycles. The van der Waals surface area contributed by atoms with Crippen LogP contribution >= 0.6 is 0 Å². The zero-order valence-electron chi connectivity index (χ0n) is 40.4. The molecule has 0 amide bonds. The third-order valence-electron chi connectivity index (χ3n) is 10.6. The van der Waals surface area contributed by atoms with Crippen LogP contribution in [0.5, 0.6) is 0 Å². The van der Waals surface area contributed by atoms with Crippen molar-refractivity contribution in [1.82, 2.24) is 0 Å². The number of rotatable bonds is 45. The fraction of sp³-hybridized carbons (Fsp3) is 0.696. The van der Waals surface area contributed by atoms with Crippen molar-refractivity contribution in [1.29, 1.82) is 0 Å². The molecule has 0 aliphatic heterocycles. The minimum absolute atomic E-state index is 0.112. The smallest absolute Gasteiger partial charge is 0.306 e. The second-order valence-electron chi connectivity index (χ2n) is 16.7. The van der Waals surface area contributed by atoms with Gasteiger partial charge in [-0.15, -0.1) is 0 Å². The van der Waals surface area contributed by atoms with Gasteiger partial charge in [-0.2, -0.15) is 0 Å². The van der Waals surface area contributed by atoms with Gasteiger partial charge in [0.25, 0.3) is 0 Å². The van der Waals surface area contributed by atoms with E-state index in [1.54, 1.807) is 0 Å². The van der Waals surface area contributed by atoms with Gasteiger partial charge in [-0.25, -0.2) is 0 Å². The molecule has 0 aromatic carbocycles. The molecule has 6 nitrogen and oxygen atoms in total. The molecule has 62 heavy (non-hydrogen) atoms. The van der Waals surface area contributed by atoms with Crippen molar-refractivity contribution in [3.63, 3.8) is 0 Å². The van der Waals surface area contributed by atoms with Gasteiger partial charge in [0, 0.05) is 19.3 Å². The Kier molecular flexibility index (Phi) is 47.5. The fourth-order valence-electron chi connectivity index (χ4n) is 6.77. The molecule has 0 saturated heterocycles. The molecular formula is C56H94O6. The highest BCUT2D eigenvalue weighted by molar-refractivity contribution is 5.71. The molecule has 0 N–H and O–H groups in total. The normalized spacial score (nSPS) is 12.8. The molecular weight excluding hydrogens is 769 g/mol. The monoisotopic (exact) mass is 863 g/mol. The van der Waals surface area contributed by atoms with Gasteiger partial charge in [0.1, 0.15) is 13.2 Å². The SMILES string of the molecule is CC/C=C\C/C=C\C/C=C\C/C=C\CCC(=O)OC(COC(=O)CCCCCCC/C=C\CCCCCC)COC(=O)CCCCCCCCC/C=C\C/C=C\CCCCCC. The lowest BCUT2D eigenvalue weighted by Crippen LogP contribution is -2.30. The Bertz CT molecular complexity index is 1220. The van der Waals surface area contributed by atoms with Crippen LogP contribution in [0.4, 0.5) is 0 Å². The minimum atomic E-state index is -0.820. The Morgan fingerprint density at radius 1 is 0.339 bits per heavy atom. The molecule has 1 atom stereocenters. The van der Waals surface area contributed by atoms with Crippen molar-refractivity contribution in [2.24, 2.45) is 0 Å².